The van der Waals surface area contributed by atoms with E-state index in [4.69, 9.17) is 10.5 Å². The molecule has 0 radical (unpaired) electrons. The van der Waals surface area contributed by atoms with Crippen molar-refractivity contribution in [2.45, 2.75) is 13.8 Å². The molecule has 0 fully saturated rings. The first-order valence-electron chi connectivity index (χ1n) is 3.43. The van der Waals surface area contributed by atoms with E-state index in [0.29, 0.717) is 5.71 Å². The molecule has 0 bridgehead atoms. The molecule has 0 aliphatic heterocycles. The van der Waals surface area contributed by atoms with Crippen molar-refractivity contribution < 1.29 is 0 Å². The number of nitriles is 2. The zero-order valence-corrected chi connectivity index (χ0v) is 7.00. The van der Waals surface area contributed by atoms with Crippen molar-refractivity contribution in [2.24, 2.45) is 16.8 Å². The van der Waals surface area contributed by atoms with Gasteiger partial charge in [0.15, 0.2) is 5.92 Å². The normalized spacial score (nSPS) is 11.4. The smallest absolute Gasteiger partial charge is 0.170 e. The van der Waals surface area contributed by atoms with E-state index >= 15 is 0 Å². The zero-order valence-electron chi connectivity index (χ0n) is 7.00. The first kappa shape index (κ1) is 9.65. The Labute approximate surface area is 67.0 Å². The average molecular weight is 149 g/mol. The summed E-state index contributed by atoms with van der Waals surface area (Å²) >= 11 is 0. The van der Waals surface area contributed by atoms with E-state index in [1.165, 1.54) is 0 Å². The number of nitrogens with zero attached hydrogens (tertiary/aromatic N) is 3. The van der Waals surface area contributed by atoms with Crippen molar-refractivity contribution in [3.05, 3.63) is 0 Å². The van der Waals surface area contributed by atoms with Crippen LogP contribution >= 0.6 is 0 Å². The topological polar surface area (TPSA) is 59.9 Å². The van der Waals surface area contributed by atoms with Gasteiger partial charge < -0.3 is 0 Å². The van der Waals surface area contributed by atoms with E-state index in [0.717, 1.165) is 0 Å². The van der Waals surface area contributed by atoms with Gasteiger partial charge in [0.1, 0.15) is 0 Å². The molecule has 3 nitrogen and oxygen atoms in total. The van der Waals surface area contributed by atoms with Gasteiger partial charge in [-0.1, -0.05) is 13.8 Å². The summed E-state index contributed by atoms with van der Waals surface area (Å²) in [5.41, 5.74) is 0.662. The minimum atomic E-state index is -0.681. The Kier molecular flexibility index (Phi) is 3.92. The van der Waals surface area contributed by atoms with Gasteiger partial charge in [-0.25, -0.2) is 0 Å². The second-order valence-corrected chi connectivity index (χ2v) is 2.49. The van der Waals surface area contributed by atoms with Gasteiger partial charge >= 0.3 is 0 Å². The third-order valence-electron chi connectivity index (χ3n) is 1.40. The van der Waals surface area contributed by atoms with Gasteiger partial charge in [-0.15, -0.1) is 0 Å². The van der Waals surface area contributed by atoms with Gasteiger partial charge in [0, 0.05) is 12.8 Å². The summed E-state index contributed by atoms with van der Waals surface area (Å²) in [6.45, 7) is 3.84. The molecule has 0 aromatic rings. The summed E-state index contributed by atoms with van der Waals surface area (Å²) in [6.07, 6.45) is 0. The summed E-state index contributed by atoms with van der Waals surface area (Å²) in [7, 11) is 1.61. The second-order valence-electron chi connectivity index (χ2n) is 2.49. The van der Waals surface area contributed by atoms with Gasteiger partial charge in [-0.05, 0) is 5.92 Å². The summed E-state index contributed by atoms with van der Waals surface area (Å²) in [5.74, 6) is -0.510. The summed E-state index contributed by atoms with van der Waals surface area (Å²) in [4.78, 5) is 3.90. The molecule has 0 atom stereocenters. The fourth-order valence-corrected chi connectivity index (χ4v) is 0.882. The second kappa shape index (κ2) is 4.46. The predicted molar refractivity (Wildman–Crippen MR) is 42.9 cm³/mol. The predicted octanol–water partition coefficient (Wildman–Crippen LogP) is 1.38. The lowest BCUT2D eigenvalue weighted by Gasteiger charge is -2.07. The van der Waals surface area contributed by atoms with Crippen molar-refractivity contribution in [3.63, 3.8) is 0 Å². The summed E-state index contributed by atoms with van der Waals surface area (Å²) in [5, 5.41) is 17.0. The molecular weight excluding hydrogens is 138 g/mol. The SMILES string of the molecule is CN=C(C(C)C)C(C#N)C#N. The van der Waals surface area contributed by atoms with Crippen LogP contribution in [0, 0.1) is 34.5 Å². The Morgan fingerprint density at radius 2 is 1.73 bits per heavy atom. The van der Waals surface area contributed by atoms with Crippen molar-refractivity contribution in [1.29, 1.82) is 10.5 Å². The highest BCUT2D eigenvalue weighted by atomic mass is 14.7. The molecular formula is C8H11N3. The molecule has 11 heavy (non-hydrogen) atoms. The van der Waals surface area contributed by atoms with Crippen LogP contribution < -0.4 is 0 Å². The van der Waals surface area contributed by atoms with E-state index in [-0.39, 0.29) is 5.92 Å². The molecule has 3 heteroatoms. The maximum atomic E-state index is 8.52. The van der Waals surface area contributed by atoms with E-state index in [1.807, 2.05) is 26.0 Å². The first-order chi connectivity index (χ1) is 5.17. The molecule has 0 heterocycles. The molecule has 0 aliphatic carbocycles. The Hall–Kier alpha value is -1.35. The molecule has 0 aliphatic rings. The molecule has 0 N–H and O–H groups in total. The average Bonchev–Trinajstić information content (AvgIpc) is 1.99. The van der Waals surface area contributed by atoms with Crippen LogP contribution in [-0.4, -0.2) is 12.8 Å². The van der Waals surface area contributed by atoms with Crippen molar-refractivity contribution >= 4 is 5.71 Å². The number of hydrogen-bond donors (Lipinski definition) is 0. The minimum absolute atomic E-state index is 0.171. The van der Waals surface area contributed by atoms with Crippen LogP contribution in [0.15, 0.2) is 4.99 Å². The number of hydrogen-bond acceptors (Lipinski definition) is 3. The molecule has 0 rings (SSSR count). The molecule has 0 unspecified atom stereocenters. The van der Waals surface area contributed by atoms with E-state index < -0.39 is 5.92 Å². The standard InChI is InChI=1S/C8H11N3/c1-6(2)8(11-3)7(4-9)5-10/h6-7H,1-3H3. The fourth-order valence-electron chi connectivity index (χ4n) is 0.882. The molecule has 0 aromatic carbocycles. The van der Waals surface area contributed by atoms with Crippen LogP contribution in [0.1, 0.15) is 13.8 Å². The number of rotatable bonds is 2. The van der Waals surface area contributed by atoms with E-state index in [9.17, 15) is 0 Å². The maximum absolute atomic E-state index is 8.52. The number of aliphatic imine (C=N–C) groups is 1. The van der Waals surface area contributed by atoms with Crippen LogP contribution in [0.2, 0.25) is 0 Å². The quantitative estimate of drug-likeness (QED) is 0.557. The Bertz CT molecular complexity index is 213. The molecule has 0 saturated carbocycles. The van der Waals surface area contributed by atoms with E-state index in [1.54, 1.807) is 7.05 Å². The van der Waals surface area contributed by atoms with Gasteiger partial charge in [-0.3, -0.25) is 4.99 Å². The Morgan fingerprint density at radius 3 is 1.82 bits per heavy atom. The van der Waals surface area contributed by atoms with Crippen LogP contribution in [0.5, 0.6) is 0 Å². The Morgan fingerprint density at radius 1 is 1.27 bits per heavy atom. The Balaban J connectivity index is 4.57. The highest BCUT2D eigenvalue weighted by molar-refractivity contribution is 5.92. The van der Waals surface area contributed by atoms with Gasteiger partial charge in [0.25, 0.3) is 0 Å². The van der Waals surface area contributed by atoms with Crippen LogP contribution in [-0.2, 0) is 0 Å². The van der Waals surface area contributed by atoms with Crippen molar-refractivity contribution in [2.75, 3.05) is 7.05 Å². The lowest BCUT2D eigenvalue weighted by Crippen LogP contribution is -2.17. The minimum Gasteiger partial charge on any atom is -0.295 e. The third kappa shape index (κ3) is 2.39. The highest BCUT2D eigenvalue weighted by Gasteiger charge is 2.16. The van der Waals surface area contributed by atoms with Crippen molar-refractivity contribution in [3.8, 4) is 12.1 Å². The third-order valence-corrected chi connectivity index (χ3v) is 1.40. The van der Waals surface area contributed by atoms with E-state index in [2.05, 4.69) is 4.99 Å². The van der Waals surface area contributed by atoms with Crippen LogP contribution in [0.3, 0.4) is 0 Å². The van der Waals surface area contributed by atoms with Gasteiger partial charge in [0.05, 0.1) is 12.1 Å². The summed E-state index contributed by atoms with van der Waals surface area (Å²) in [6, 6.07) is 3.78. The largest absolute Gasteiger partial charge is 0.295 e. The summed E-state index contributed by atoms with van der Waals surface area (Å²) < 4.78 is 0. The van der Waals surface area contributed by atoms with Crippen LogP contribution in [0.4, 0.5) is 0 Å². The molecule has 0 spiro atoms. The van der Waals surface area contributed by atoms with Crippen LogP contribution in [0.25, 0.3) is 0 Å². The fraction of sp³-hybridized carbons (Fsp3) is 0.625. The molecule has 0 saturated heterocycles. The molecule has 58 valence electrons. The maximum Gasteiger partial charge on any atom is 0.170 e. The molecule has 0 amide bonds. The molecule has 0 aromatic heterocycles. The lowest BCUT2D eigenvalue weighted by atomic mass is 9.97. The monoisotopic (exact) mass is 149 g/mol. The zero-order chi connectivity index (χ0) is 8.85. The lowest BCUT2D eigenvalue weighted by molar-refractivity contribution is 0.838. The van der Waals surface area contributed by atoms with Gasteiger partial charge in [0.2, 0.25) is 0 Å². The van der Waals surface area contributed by atoms with Gasteiger partial charge in [-0.2, -0.15) is 10.5 Å². The first-order valence-corrected chi connectivity index (χ1v) is 3.43. The highest BCUT2D eigenvalue weighted by Crippen LogP contribution is 2.06. The van der Waals surface area contributed by atoms with Crippen molar-refractivity contribution in [1.82, 2.24) is 0 Å².